The molecule has 2 rings (SSSR count). The second-order valence-corrected chi connectivity index (χ2v) is 6.96. The molecule has 0 radical (unpaired) electrons. The Morgan fingerprint density at radius 2 is 1.60 bits per heavy atom. The minimum absolute atomic E-state index is 0.239. The molecule has 0 spiro atoms. The summed E-state index contributed by atoms with van der Waals surface area (Å²) in [7, 11) is -4.68. The van der Waals surface area contributed by atoms with Crippen LogP contribution in [0.4, 0.5) is 20.2 Å². The van der Waals surface area contributed by atoms with Crippen molar-refractivity contribution in [2.75, 3.05) is 10.6 Å². The fraction of sp³-hybridized carbons (Fsp3) is 0.125. The minimum Gasteiger partial charge on any atom is -0.326 e. The van der Waals surface area contributed by atoms with Crippen molar-refractivity contribution >= 4 is 33.0 Å². The highest BCUT2D eigenvalue weighted by Gasteiger charge is 2.26. The van der Waals surface area contributed by atoms with Crippen LogP contribution in [0.5, 0.6) is 0 Å². The summed E-state index contributed by atoms with van der Waals surface area (Å²) in [5.41, 5.74) is 0.942. The smallest absolute Gasteiger partial charge is 0.326 e. The molecule has 0 bridgehead atoms. The lowest BCUT2D eigenvalue weighted by Gasteiger charge is -2.08. The third-order valence-corrected chi connectivity index (χ3v) is 4.52. The van der Waals surface area contributed by atoms with Gasteiger partial charge in [-0.25, -0.2) is 8.42 Å². The number of halogens is 2. The maximum absolute atomic E-state index is 12.5. The Kier molecular flexibility index (Phi) is 5.48. The average Bonchev–Trinajstić information content (AvgIpc) is 2.54. The van der Waals surface area contributed by atoms with Gasteiger partial charge in [-0.1, -0.05) is 6.07 Å². The van der Waals surface area contributed by atoms with E-state index >= 15 is 0 Å². The van der Waals surface area contributed by atoms with Gasteiger partial charge in [-0.05, 0) is 42.5 Å². The van der Waals surface area contributed by atoms with Crippen LogP contribution in [0.3, 0.4) is 0 Å². The molecule has 0 saturated carbocycles. The predicted molar refractivity (Wildman–Crippen MR) is 88.3 cm³/mol. The van der Waals surface area contributed by atoms with Crippen LogP contribution in [0, 0.1) is 0 Å². The number of hydrogen-bond acceptors (Lipinski definition) is 4. The van der Waals surface area contributed by atoms with Crippen LogP contribution >= 0.6 is 0 Å². The fourth-order valence-corrected chi connectivity index (χ4v) is 2.70. The Balaban J connectivity index is 2.15. The number of sulfone groups is 1. The molecule has 0 atom stereocenters. The van der Waals surface area contributed by atoms with Crippen molar-refractivity contribution in [1.82, 2.24) is 0 Å². The first-order valence-corrected chi connectivity index (χ1v) is 8.56. The summed E-state index contributed by atoms with van der Waals surface area (Å²) < 4.78 is 47.6. The number of anilines is 2. The topological polar surface area (TPSA) is 92.3 Å². The Hall–Kier alpha value is -2.81. The summed E-state index contributed by atoms with van der Waals surface area (Å²) in [5.74, 6) is -4.30. The lowest BCUT2D eigenvalue weighted by atomic mass is 10.2. The molecule has 0 unspecified atom stereocenters. The molecule has 0 saturated heterocycles. The van der Waals surface area contributed by atoms with E-state index in [0.29, 0.717) is 5.69 Å². The first kappa shape index (κ1) is 18.5. The van der Waals surface area contributed by atoms with Crippen LogP contribution in [0.2, 0.25) is 0 Å². The summed E-state index contributed by atoms with van der Waals surface area (Å²) in [6, 6.07) is 10.6. The van der Waals surface area contributed by atoms with E-state index in [2.05, 4.69) is 10.6 Å². The molecule has 2 aromatic rings. The van der Waals surface area contributed by atoms with E-state index in [0.717, 1.165) is 12.1 Å². The van der Waals surface area contributed by atoms with E-state index in [1.54, 1.807) is 12.1 Å². The first-order chi connectivity index (χ1) is 11.7. The number of carbonyl (C=O) groups excluding carboxylic acids is 2. The second kappa shape index (κ2) is 7.39. The number of nitrogens with one attached hydrogen (secondary N) is 2. The third kappa shape index (κ3) is 4.60. The largest absolute Gasteiger partial charge is 0.341 e. The molecule has 2 amide bonds. The van der Waals surface area contributed by atoms with Gasteiger partial charge >= 0.3 is 5.76 Å². The molecule has 132 valence electrons. The molecule has 0 aromatic heterocycles. The van der Waals surface area contributed by atoms with Crippen LogP contribution in [-0.2, 0) is 14.6 Å². The van der Waals surface area contributed by atoms with Crippen molar-refractivity contribution < 1.29 is 26.8 Å². The van der Waals surface area contributed by atoms with Crippen LogP contribution in [0.1, 0.15) is 17.3 Å². The normalized spacial score (nSPS) is 11.2. The van der Waals surface area contributed by atoms with Crippen molar-refractivity contribution in [1.29, 1.82) is 0 Å². The molecular weight excluding hydrogens is 354 g/mol. The van der Waals surface area contributed by atoms with Crippen molar-refractivity contribution in [3.8, 4) is 0 Å². The Labute approximate surface area is 142 Å². The number of amides is 2. The van der Waals surface area contributed by atoms with Crippen LogP contribution in [-0.4, -0.2) is 26.0 Å². The van der Waals surface area contributed by atoms with E-state index in [9.17, 15) is 26.8 Å². The van der Waals surface area contributed by atoms with Crippen molar-refractivity contribution in [2.45, 2.75) is 17.6 Å². The fourth-order valence-electron chi connectivity index (χ4n) is 1.98. The maximum Gasteiger partial charge on any atom is 0.341 e. The number of carbonyl (C=O) groups is 2. The molecule has 9 heteroatoms. The monoisotopic (exact) mass is 368 g/mol. The highest BCUT2D eigenvalue weighted by atomic mass is 32.2. The molecule has 0 fully saturated rings. The number of alkyl halides is 2. The summed E-state index contributed by atoms with van der Waals surface area (Å²) >= 11 is 0. The van der Waals surface area contributed by atoms with Gasteiger partial charge in [0.2, 0.25) is 15.7 Å². The van der Waals surface area contributed by atoms with Gasteiger partial charge in [-0.2, -0.15) is 8.78 Å². The van der Waals surface area contributed by atoms with E-state index in [1.165, 1.54) is 31.2 Å². The molecule has 6 nitrogen and oxygen atoms in total. The first-order valence-electron chi connectivity index (χ1n) is 7.01. The van der Waals surface area contributed by atoms with Gasteiger partial charge in [0, 0.05) is 23.9 Å². The molecule has 0 aliphatic heterocycles. The maximum atomic E-state index is 12.5. The highest BCUT2D eigenvalue weighted by molar-refractivity contribution is 7.91. The van der Waals surface area contributed by atoms with Gasteiger partial charge in [-0.3, -0.25) is 9.59 Å². The van der Waals surface area contributed by atoms with E-state index in [4.69, 9.17) is 0 Å². The molecule has 2 N–H and O–H groups in total. The van der Waals surface area contributed by atoms with Crippen molar-refractivity contribution in [3.63, 3.8) is 0 Å². The quantitative estimate of drug-likeness (QED) is 0.849. The summed E-state index contributed by atoms with van der Waals surface area (Å²) in [6.45, 7) is 1.34. The summed E-state index contributed by atoms with van der Waals surface area (Å²) in [5, 5.41) is 5.05. The van der Waals surface area contributed by atoms with Crippen molar-refractivity contribution in [2.24, 2.45) is 0 Å². The van der Waals surface area contributed by atoms with Gasteiger partial charge in [0.1, 0.15) is 0 Å². The van der Waals surface area contributed by atoms with Gasteiger partial charge in [-0.15, -0.1) is 0 Å². The van der Waals surface area contributed by atoms with Gasteiger partial charge in [0.25, 0.3) is 5.91 Å². The molecule has 25 heavy (non-hydrogen) atoms. The van der Waals surface area contributed by atoms with Gasteiger partial charge in [0.15, 0.2) is 0 Å². The number of hydrogen-bond donors (Lipinski definition) is 2. The number of rotatable bonds is 5. The lowest BCUT2D eigenvalue weighted by molar-refractivity contribution is -0.114. The van der Waals surface area contributed by atoms with Gasteiger partial charge in [0.05, 0.1) is 4.90 Å². The zero-order valence-corrected chi connectivity index (χ0v) is 13.8. The third-order valence-electron chi connectivity index (χ3n) is 3.12. The van der Waals surface area contributed by atoms with Crippen LogP contribution in [0.25, 0.3) is 0 Å². The SMILES string of the molecule is CC(=O)Nc1cccc(C(=O)Nc2ccc(S(=O)(=O)C(F)F)cc2)c1. The van der Waals surface area contributed by atoms with E-state index < -0.39 is 26.4 Å². The molecule has 2 aromatic carbocycles. The summed E-state index contributed by atoms with van der Waals surface area (Å²) in [6.07, 6.45) is 0. The zero-order valence-electron chi connectivity index (χ0n) is 13.0. The van der Waals surface area contributed by atoms with E-state index in [1.807, 2.05) is 0 Å². The zero-order chi connectivity index (χ0) is 18.6. The predicted octanol–water partition coefficient (Wildman–Crippen LogP) is 2.89. The van der Waals surface area contributed by atoms with Gasteiger partial charge < -0.3 is 10.6 Å². The van der Waals surface area contributed by atoms with Crippen molar-refractivity contribution in [3.05, 3.63) is 54.1 Å². The molecule has 0 aliphatic rings. The highest BCUT2D eigenvalue weighted by Crippen LogP contribution is 2.21. The molecular formula is C16H14F2N2O4S. The standard InChI is InChI=1S/C16H14F2N2O4S/c1-10(21)19-13-4-2-3-11(9-13)15(22)20-12-5-7-14(8-6-12)25(23,24)16(17)18/h2-9,16H,1H3,(H,19,21)(H,20,22). The molecule has 0 aliphatic carbocycles. The second-order valence-electron chi connectivity index (χ2n) is 5.05. The summed E-state index contributed by atoms with van der Waals surface area (Å²) in [4.78, 5) is 22.7. The minimum atomic E-state index is -4.68. The van der Waals surface area contributed by atoms with Crippen LogP contribution < -0.4 is 10.6 Å². The average molecular weight is 368 g/mol. The Morgan fingerprint density at radius 3 is 2.16 bits per heavy atom. The lowest BCUT2D eigenvalue weighted by Crippen LogP contribution is -2.14. The molecule has 0 heterocycles. The number of benzene rings is 2. The van der Waals surface area contributed by atoms with Crippen LogP contribution in [0.15, 0.2) is 53.4 Å². The Bertz CT molecular complexity index is 897. The van der Waals surface area contributed by atoms with E-state index in [-0.39, 0.29) is 17.2 Å². The Morgan fingerprint density at radius 1 is 0.960 bits per heavy atom.